The Hall–Kier alpha value is -3.35. The van der Waals surface area contributed by atoms with Crippen molar-refractivity contribution in [1.82, 2.24) is 15.0 Å². The Morgan fingerprint density at radius 3 is 2.41 bits per heavy atom. The summed E-state index contributed by atoms with van der Waals surface area (Å²) >= 11 is 0. The Labute approximate surface area is 189 Å². The Kier molecular flexibility index (Phi) is 6.73. The van der Waals surface area contributed by atoms with E-state index in [9.17, 15) is 4.79 Å². The molecule has 2 aromatic carbocycles. The smallest absolute Gasteiger partial charge is 0.260 e. The summed E-state index contributed by atoms with van der Waals surface area (Å²) in [5.41, 5.74) is 3.18. The molecule has 32 heavy (non-hydrogen) atoms. The molecule has 0 N–H and O–H groups in total. The molecule has 7 heteroatoms. The highest BCUT2D eigenvalue weighted by molar-refractivity contribution is 5.77. The molecule has 168 valence electrons. The molecule has 7 nitrogen and oxygen atoms in total. The minimum absolute atomic E-state index is 0.0141. The minimum Gasteiger partial charge on any atom is -0.484 e. The Balaban J connectivity index is 1.27. The number of anilines is 1. The molecule has 0 unspecified atom stereocenters. The van der Waals surface area contributed by atoms with Gasteiger partial charge in [-0.15, -0.1) is 0 Å². The number of benzene rings is 2. The number of likely N-dealkylation sites (N-methyl/N-ethyl adjacent to an activating group) is 1. The van der Waals surface area contributed by atoms with E-state index in [-0.39, 0.29) is 18.4 Å². The van der Waals surface area contributed by atoms with Gasteiger partial charge in [0.25, 0.3) is 11.8 Å². The third-order valence-electron chi connectivity index (χ3n) is 5.67. The normalized spacial score (nSPS) is 13.6. The second-order valence-corrected chi connectivity index (χ2v) is 8.54. The summed E-state index contributed by atoms with van der Waals surface area (Å²) in [6, 6.07) is 15.8. The van der Waals surface area contributed by atoms with E-state index in [1.807, 2.05) is 26.0 Å². The van der Waals surface area contributed by atoms with E-state index in [0.717, 1.165) is 24.2 Å². The number of rotatable bonds is 8. The monoisotopic (exact) mass is 434 g/mol. The summed E-state index contributed by atoms with van der Waals surface area (Å²) in [6.07, 6.45) is 2.52. The van der Waals surface area contributed by atoms with Crippen LogP contribution in [0.4, 0.5) is 5.69 Å². The van der Waals surface area contributed by atoms with Crippen LogP contribution in [0, 0.1) is 0 Å². The number of carbonyl (C=O) groups excluding carboxylic acids is 1. The zero-order valence-electron chi connectivity index (χ0n) is 19.0. The molecule has 1 aromatic heterocycles. The Morgan fingerprint density at radius 1 is 1.09 bits per heavy atom. The SMILES string of the molecule is CC(C)c1noc(-c2ccc(OCC(=O)N(C)Cc3ccc(N4CCCC4)cc3)cc2)n1. The number of aromatic nitrogens is 2. The highest BCUT2D eigenvalue weighted by Crippen LogP contribution is 2.23. The Morgan fingerprint density at radius 2 is 1.78 bits per heavy atom. The molecule has 0 saturated carbocycles. The van der Waals surface area contributed by atoms with Gasteiger partial charge in [-0.1, -0.05) is 31.1 Å². The van der Waals surface area contributed by atoms with Crippen molar-refractivity contribution < 1.29 is 14.1 Å². The van der Waals surface area contributed by atoms with Gasteiger partial charge in [0, 0.05) is 43.9 Å². The van der Waals surface area contributed by atoms with Gasteiger partial charge in [0.05, 0.1) is 0 Å². The molecule has 2 heterocycles. The van der Waals surface area contributed by atoms with Gasteiger partial charge in [-0.25, -0.2) is 0 Å². The number of hydrogen-bond acceptors (Lipinski definition) is 6. The maximum absolute atomic E-state index is 12.5. The van der Waals surface area contributed by atoms with Crippen LogP contribution in [0.15, 0.2) is 53.1 Å². The summed E-state index contributed by atoms with van der Waals surface area (Å²) < 4.78 is 11.0. The first kappa shape index (κ1) is 21.9. The molecule has 4 rings (SSSR count). The van der Waals surface area contributed by atoms with Gasteiger partial charge in [0.15, 0.2) is 12.4 Å². The fourth-order valence-electron chi connectivity index (χ4n) is 3.69. The highest BCUT2D eigenvalue weighted by Gasteiger charge is 2.14. The van der Waals surface area contributed by atoms with E-state index in [0.29, 0.717) is 24.0 Å². The molecule has 0 aliphatic carbocycles. The fourth-order valence-corrected chi connectivity index (χ4v) is 3.69. The first-order valence-corrected chi connectivity index (χ1v) is 11.1. The standard InChI is InChI=1S/C25H30N4O3/c1-18(2)24-26-25(32-27-24)20-8-12-22(13-9-20)31-17-23(30)28(3)16-19-6-10-21(11-7-19)29-14-4-5-15-29/h6-13,18H,4-5,14-17H2,1-3H3. The first-order chi connectivity index (χ1) is 15.5. The first-order valence-electron chi connectivity index (χ1n) is 11.1. The van der Waals surface area contributed by atoms with Crippen molar-refractivity contribution in [3.63, 3.8) is 0 Å². The molecular formula is C25H30N4O3. The van der Waals surface area contributed by atoms with Crippen LogP contribution in [0.25, 0.3) is 11.5 Å². The van der Waals surface area contributed by atoms with Crippen molar-refractivity contribution in [2.45, 2.75) is 39.2 Å². The van der Waals surface area contributed by atoms with Gasteiger partial charge in [-0.05, 0) is 54.8 Å². The van der Waals surface area contributed by atoms with Crippen molar-refractivity contribution in [3.05, 3.63) is 59.9 Å². The van der Waals surface area contributed by atoms with Crippen LogP contribution >= 0.6 is 0 Å². The van der Waals surface area contributed by atoms with Crippen LogP contribution in [-0.2, 0) is 11.3 Å². The van der Waals surface area contributed by atoms with Crippen molar-refractivity contribution in [3.8, 4) is 17.2 Å². The van der Waals surface area contributed by atoms with Gasteiger partial charge >= 0.3 is 0 Å². The van der Waals surface area contributed by atoms with E-state index >= 15 is 0 Å². The molecule has 1 fully saturated rings. The largest absolute Gasteiger partial charge is 0.484 e. The van der Waals surface area contributed by atoms with Gasteiger partial charge in [-0.3, -0.25) is 4.79 Å². The maximum atomic E-state index is 12.5. The zero-order chi connectivity index (χ0) is 22.5. The van der Waals surface area contributed by atoms with E-state index in [2.05, 4.69) is 39.3 Å². The lowest BCUT2D eigenvalue weighted by atomic mass is 10.2. The fraction of sp³-hybridized carbons (Fsp3) is 0.400. The van der Waals surface area contributed by atoms with Gasteiger partial charge in [-0.2, -0.15) is 4.98 Å². The second kappa shape index (κ2) is 9.85. The lowest BCUT2D eigenvalue weighted by Gasteiger charge is -2.20. The second-order valence-electron chi connectivity index (χ2n) is 8.54. The maximum Gasteiger partial charge on any atom is 0.260 e. The van der Waals surface area contributed by atoms with Crippen molar-refractivity contribution in [2.24, 2.45) is 0 Å². The summed E-state index contributed by atoms with van der Waals surface area (Å²) in [7, 11) is 1.80. The van der Waals surface area contributed by atoms with Crippen LogP contribution in [0.3, 0.4) is 0 Å². The van der Waals surface area contributed by atoms with E-state index in [1.165, 1.54) is 18.5 Å². The molecule has 1 saturated heterocycles. The third-order valence-corrected chi connectivity index (χ3v) is 5.67. The van der Waals surface area contributed by atoms with Crippen LogP contribution in [0.5, 0.6) is 5.75 Å². The van der Waals surface area contributed by atoms with E-state index < -0.39 is 0 Å². The number of carbonyl (C=O) groups is 1. The van der Waals surface area contributed by atoms with E-state index in [1.54, 1.807) is 24.1 Å². The molecule has 1 amide bonds. The predicted molar refractivity (Wildman–Crippen MR) is 124 cm³/mol. The minimum atomic E-state index is -0.0730. The van der Waals surface area contributed by atoms with Crippen molar-refractivity contribution >= 4 is 11.6 Å². The summed E-state index contributed by atoms with van der Waals surface area (Å²) in [5, 5.41) is 3.98. The quantitative estimate of drug-likeness (QED) is 0.520. The number of amides is 1. The number of hydrogen-bond donors (Lipinski definition) is 0. The third kappa shape index (κ3) is 5.28. The lowest BCUT2D eigenvalue weighted by molar-refractivity contribution is -0.132. The highest BCUT2D eigenvalue weighted by atomic mass is 16.5. The van der Waals surface area contributed by atoms with Crippen LogP contribution in [-0.4, -0.2) is 47.7 Å². The topological polar surface area (TPSA) is 71.7 Å². The lowest BCUT2D eigenvalue weighted by Crippen LogP contribution is -2.31. The number of ether oxygens (including phenoxy) is 1. The average Bonchev–Trinajstić information content (AvgIpc) is 3.51. The average molecular weight is 435 g/mol. The molecule has 0 atom stereocenters. The number of nitrogens with zero attached hydrogens (tertiary/aromatic N) is 4. The van der Waals surface area contributed by atoms with Gasteiger partial charge in [0.2, 0.25) is 0 Å². The molecule has 1 aliphatic heterocycles. The van der Waals surface area contributed by atoms with Crippen molar-refractivity contribution in [2.75, 3.05) is 31.6 Å². The van der Waals surface area contributed by atoms with Crippen LogP contribution in [0.1, 0.15) is 44.0 Å². The van der Waals surface area contributed by atoms with Crippen LogP contribution < -0.4 is 9.64 Å². The molecule has 0 spiro atoms. The van der Waals surface area contributed by atoms with Gasteiger partial charge in [0.1, 0.15) is 5.75 Å². The van der Waals surface area contributed by atoms with Crippen LogP contribution in [0.2, 0.25) is 0 Å². The summed E-state index contributed by atoms with van der Waals surface area (Å²) in [6.45, 7) is 6.83. The summed E-state index contributed by atoms with van der Waals surface area (Å²) in [5.74, 6) is 1.91. The Bertz CT molecular complexity index is 1020. The molecule has 1 aliphatic rings. The van der Waals surface area contributed by atoms with E-state index in [4.69, 9.17) is 9.26 Å². The predicted octanol–water partition coefficient (Wildman–Crippen LogP) is 4.50. The molecular weight excluding hydrogens is 404 g/mol. The molecule has 0 radical (unpaired) electrons. The zero-order valence-corrected chi connectivity index (χ0v) is 19.0. The van der Waals surface area contributed by atoms with Crippen molar-refractivity contribution in [1.29, 1.82) is 0 Å². The summed E-state index contributed by atoms with van der Waals surface area (Å²) in [4.78, 5) is 21.0. The molecule has 0 bridgehead atoms. The molecule has 3 aromatic rings. The van der Waals surface area contributed by atoms with Gasteiger partial charge < -0.3 is 19.1 Å².